The van der Waals surface area contributed by atoms with Crippen molar-refractivity contribution in [1.82, 2.24) is 0 Å². The minimum absolute atomic E-state index is 0.132. The third-order valence-corrected chi connectivity index (χ3v) is 6.32. The van der Waals surface area contributed by atoms with E-state index in [-0.39, 0.29) is 12.5 Å². The second-order valence-electron chi connectivity index (χ2n) is 8.81. The van der Waals surface area contributed by atoms with Gasteiger partial charge in [-0.2, -0.15) is 8.42 Å². The zero-order valence-corrected chi connectivity index (χ0v) is 20.3. The number of rotatable bonds is 23. The Bertz CT molecular complexity index is 401. The molecule has 0 saturated carbocycles. The maximum atomic E-state index is 10.9. The molecule has 0 aromatic heterocycles. The highest BCUT2D eigenvalue weighted by molar-refractivity contribution is 7.80. The van der Waals surface area contributed by atoms with Crippen LogP contribution < -0.4 is 0 Å². The lowest BCUT2D eigenvalue weighted by Gasteiger charge is -2.16. The molecule has 0 spiro atoms. The van der Waals surface area contributed by atoms with Crippen LogP contribution >= 0.6 is 0 Å². The minimum Gasteiger partial charge on any atom is -0.264 e. The molecule has 0 aliphatic rings. The standard InChI is InChI=1S/C24H50O4S/c1-3-5-7-9-11-13-15-17-19-21-24(23-28-29(25,26)27)22-20-18-16-14-12-10-8-6-4-2/h24H,3-23H2,1-2H3,(H,25,26,27). The van der Waals surface area contributed by atoms with Crippen LogP contribution in [0, 0.1) is 5.92 Å². The molecule has 0 heterocycles. The van der Waals surface area contributed by atoms with Crippen LogP contribution in [0.25, 0.3) is 0 Å². The van der Waals surface area contributed by atoms with E-state index in [1.165, 1.54) is 103 Å². The average molecular weight is 435 g/mol. The highest BCUT2D eigenvalue weighted by atomic mass is 32.3. The van der Waals surface area contributed by atoms with Gasteiger partial charge in [-0.1, -0.05) is 129 Å². The van der Waals surface area contributed by atoms with Crippen LogP contribution in [-0.2, 0) is 14.6 Å². The van der Waals surface area contributed by atoms with Gasteiger partial charge in [0.1, 0.15) is 0 Å². The quantitative estimate of drug-likeness (QED) is 0.130. The van der Waals surface area contributed by atoms with Crippen molar-refractivity contribution in [2.45, 2.75) is 142 Å². The summed E-state index contributed by atoms with van der Waals surface area (Å²) in [7, 11) is -4.32. The second-order valence-corrected chi connectivity index (χ2v) is 9.90. The largest absolute Gasteiger partial charge is 0.397 e. The van der Waals surface area contributed by atoms with Gasteiger partial charge in [0.15, 0.2) is 0 Å². The van der Waals surface area contributed by atoms with Crippen molar-refractivity contribution in [1.29, 1.82) is 0 Å². The van der Waals surface area contributed by atoms with Crippen molar-refractivity contribution in [3.8, 4) is 0 Å². The molecule has 0 aliphatic heterocycles. The first kappa shape index (κ1) is 28.9. The summed E-state index contributed by atoms with van der Waals surface area (Å²) in [5.41, 5.74) is 0. The van der Waals surface area contributed by atoms with E-state index in [1.807, 2.05) is 0 Å². The summed E-state index contributed by atoms with van der Waals surface area (Å²) in [6.45, 7) is 4.63. The molecule has 1 N–H and O–H groups in total. The fraction of sp³-hybridized carbons (Fsp3) is 1.00. The molecule has 176 valence electrons. The predicted molar refractivity (Wildman–Crippen MR) is 125 cm³/mol. The van der Waals surface area contributed by atoms with Gasteiger partial charge in [-0.25, -0.2) is 4.18 Å². The molecule has 0 fully saturated rings. The van der Waals surface area contributed by atoms with Crippen molar-refractivity contribution in [3.63, 3.8) is 0 Å². The van der Waals surface area contributed by atoms with Gasteiger partial charge in [-0.3, -0.25) is 4.55 Å². The first-order valence-corrected chi connectivity index (χ1v) is 14.0. The van der Waals surface area contributed by atoms with Gasteiger partial charge in [0, 0.05) is 0 Å². The Kier molecular flexibility index (Phi) is 21.0. The summed E-state index contributed by atoms with van der Waals surface area (Å²) >= 11 is 0. The molecule has 0 rings (SSSR count). The summed E-state index contributed by atoms with van der Waals surface area (Å²) in [6.07, 6.45) is 25.3. The number of hydrogen-bond donors (Lipinski definition) is 1. The summed E-state index contributed by atoms with van der Waals surface area (Å²) in [4.78, 5) is 0. The van der Waals surface area contributed by atoms with Crippen molar-refractivity contribution >= 4 is 10.4 Å². The zero-order chi connectivity index (χ0) is 21.6. The maximum Gasteiger partial charge on any atom is 0.397 e. The van der Waals surface area contributed by atoms with Crippen LogP contribution in [0.2, 0.25) is 0 Å². The summed E-state index contributed by atoms with van der Waals surface area (Å²) < 4.78 is 35.4. The highest BCUT2D eigenvalue weighted by Gasteiger charge is 2.13. The van der Waals surface area contributed by atoms with E-state index in [9.17, 15) is 8.42 Å². The van der Waals surface area contributed by atoms with Gasteiger partial charge in [-0.15, -0.1) is 0 Å². The van der Waals surface area contributed by atoms with E-state index in [0.29, 0.717) is 0 Å². The minimum atomic E-state index is -4.32. The fourth-order valence-electron chi connectivity index (χ4n) is 3.98. The molecule has 0 aliphatic carbocycles. The monoisotopic (exact) mass is 434 g/mol. The Labute approximate surface area is 182 Å². The molecular weight excluding hydrogens is 384 g/mol. The van der Waals surface area contributed by atoms with Crippen molar-refractivity contribution in [3.05, 3.63) is 0 Å². The van der Waals surface area contributed by atoms with E-state index in [4.69, 9.17) is 4.55 Å². The molecule has 0 bridgehead atoms. The van der Waals surface area contributed by atoms with Crippen molar-refractivity contribution < 1.29 is 17.2 Å². The second kappa shape index (κ2) is 21.1. The lowest BCUT2D eigenvalue weighted by atomic mass is 9.94. The van der Waals surface area contributed by atoms with Gasteiger partial charge in [0.25, 0.3) is 0 Å². The van der Waals surface area contributed by atoms with E-state index in [2.05, 4.69) is 18.0 Å². The average Bonchev–Trinajstić information content (AvgIpc) is 2.68. The topological polar surface area (TPSA) is 63.6 Å². The van der Waals surface area contributed by atoms with E-state index in [0.717, 1.165) is 25.7 Å². The molecule has 0 unspecified atom stereocenters. The van der Waals surface area contributed by atoms with Crippen LogP contribution in [0.15, 0.2) is 0 Å². The highest BCUT2D eigenvalue weighted by Crippen LogP contribution is 2.20. The van der Waals surface area contributed by atoms with E-state index < -0.39 is 10.4 Å². The third kappa shape index (κ3) is 24.0. The maximum absolute atomic E-state index is 10.9. The van der Waals surface area contributed by atoms with Gasteiger partial charge < -0.3 is 0 Å². The van der Waals surface area contributed by atoms with Crippen LogP contribution in [0.1, 0.15) is 142 Å². The van der Waals surface area contributed by atoms with Crippen molar-refractivity contribution in [2.75, 3.05) is 6.61 Å². The predicted octanol–water partition coefficient (Wildman–Crippen LogP) is 8.26. The number of unbranched alkanes of at least 4 members (excludes halogenated alkanes) is 16. The Morgan fingerprint density at radius 3 is 1.21 bits per heavy atom. The molecule has 0 amide bonds. The Morgan fingerprint density at radius 1 is 0.586 bits per heavy atom. The van der Waals surface area contributed by atoms with Gasteiger partial charge in [0.05, 0.1) is 6.61 Å². The van der Waals surface area contributed by atoms with Gasteiger partial charge in [-0.05, 0) is 18.8 Å². The lowest BCUT2D eigenvalue weighted by Crippen LogP contribution is -2.14. The molecule has 0 saturated heterocycles. The van der Waals surface area contributed by atoms with Gasteiger partial charge in [0.2, 0.25) is 0 Å². The van der Waals surface area contributed by atoms with Crippen LogP contribution in [0.3, 0.4) is 0 Å². The summed E-state index contributed by atoms with van der Waals surface area (Å²) in [6, 6.07) is 0. The molecule has 0 atom stereocenters. The fourth-order valence-corrected chi connectivity index (χ4v) is 4.34. The summed E-state index contributed by atoms with van der Waals surface area (Å²) in [5, 5.41) is 0. The Balaban J connectivity index is 3.81. The molecule has 0 aromatic carbocycles. The van der Waals surface area contributed by atoms with Gasteiger partial charge >= 0.3 is 10.4 Å². The smallest absolute Gasteiger partial charge is 0.264 e. The summed E-state index contributed by atoms with van der Waals surface area (Å²) in [5.74, 6) is 0.242. The van der Waals surface area contributed by atoms with Crippen molar-refractivity contribution in [2.24, 2.45) is 5.92 Å². The third-order valence-electron chi connectivity index (χ3n) is 5.88. The normalized spacial score (nSPS) is 12.1. The van der Waals surface area contributed by atoms with Crippen LogP contribution in [0.4, 0.5) is 0 Å². The first-order chi connectivity index (χ1) is 14.0. The van der Waals surface area contributed by atoms with E-state index in [1.54, 1.807) is 0 Å². The van der Waals surface area contributed by atoms with Crippen LogP contribution in [-0.4, -0.2) is 19.6 Å². The Hall–Kier alpha value is -0.130. The number of hydrogen-bond acceptors (Lipinski definition) is 3. The molecule has 4 nitrogen and oxygen atoms in total. The van der Waals surface area contributed by atoms with E-state index >= 15 is 0 Å². The van der Waals surface area contributed by atoms with Crippen LogP contribution in [0.5, 0.6) is 0 Å². The Morgan fingerprint density at radius 2 is 0.897 bits per heavy atom. The molecule has 0 radical (unpaired) electrons. The SMILES string of the molecule is CCCCCCCCCCCC(CCCCCCCCCCC)COS(=O)(=O)O. The molecule has 0 aromatic rings. The molecule has 5 heteroatoms. The molecular formula is C24H50O4S. The zero-order valence-electron chi connectivity index (χ0n) is 19.5. The first-order valence-electron chi connectivity index (χ1n) is 12.6. The lowest BCUT2D eigenvalue weighted by molar-refractivity contribution is 0.204. The molecule has 29 heavy (non-hydrogen) atoms.